The number of carboxylic acid groups (broad SMARTS) is 1. The van der Waals surface area contributed by atoms with Crippen molar-refractivity contribution in [1.29, 1.82) is 0 Å². The topological polar surface area (TPSA) is 124 Å². The van der Waals surface area contributed by atoms with Crippen molar-refractivity contribution in [2.24, 2.45) is 0 Å². The maximum absolute atomic E-state index is 12.6. The number of nitrogens with zero attached hydrogens (tertiary/aromatic N) is 1. The monoisotopic (exact) mass is 608 g/mol. The van der Waals surface area contributed by atoms with Gasteiger partial charge in [0.1, 0.15) is 28.9 Å². The maximum atomic E-state index is 12.6. The summed E-state index contributed by atoms with van der Waals surface area (Å²) in [6, 6.07) is 16.8. The largest absolute Gasteiger partial charge is 0.573 e. The summed E-state index contributed by atoms with van der Waals surface area (Å²) in [4.78, 5) is 16.1. The summed E-state index contributed by atoms with van der Waals surface area (Å²) in [5, 5.41) is 9.36. The summed E-state index contributed by atoms with van der Waals surface area (Å²) in [6.07, 6.45) is -3.78. The van der Waals surface area contributed by atoms with Crippen LogP contribution in [-0.2, 0) is 21.4 Å². The second-order valence-corrected chi connectivity index (χ2v) is 11.5. The van der Waals surface area contributed by atoms with Crippen LogP contribution in [-0.4, -0.2) is 43.7 Å². The molecule has 0 aliphatic heterocycles. The molecule has 41 heavy (non-hydrogen) atoms. The number of nitrogens with one attached hydrogen (secondary N) is 1. The number of hydrogen-bond donors (Lipinski definition) is 2. The molecule has 0 aliphatic carbocycles. The molecule has 0 atom stereocenters. The molecule has 9 nitrogen and oxygen atoms in total. The van der Waals surface area contributed by atoms with Crippen LogP contribution in [0, 0.1) is 6.92 Å². The van der Waals surface area contributed by atoms with Gasteiger partial charge in [0.05, 0.1) is 16.8 Å². The molecule has 14 heteroatoms. The Hall–Kier alpha value is -4.30. The fourth-order valence-corrected chi connectivity index (χ4v) is 5.26. The summed E-state index contributed by atoms with van der Waals surface area (Å²) in [6.45, 7) is 1.34. The highest BCUT2D eigenvalue weighted by Crippen LogP contribution is 2.39. The van der Waals surface area contributed by atoms with Gasteiger partial charge in [0, 0.05) is 11.3 Å². The number of aryl methyl sites for hydroxylation is 1. The van der Waals surface area contributed by atoms with Crippen LogP contribution in [0.15, 0.2) is 66.7 Å². The Labute approximate surface area is 237 Å². The van der Waals surface area contributed by atoms with E-state index < -0.39 is 29.0 Å². The van der Waals surface area contributed by atoms with Crippen LogP contribution >= 0.6 is 11.3 Å². The van der Waals surface area contributed by atoms with E-state index in [-0.39, 0.29) is 12.4 Å². The van der Waals surface area contributed by atoms with Crippen molar-refractivity contribution in [1.82, 2.24) is 4.98 Å². The van der Waals surface area contributed by atoms with Gasteiger partial charge < -0.3 is 19.3 Å². The van der Waals surface area contributed by atoms with Crippen molar-refractivity contribution in [3.05, 3.63) is 77.3 Å². The lowest BCUT2D eigenvalue weighted by Gasteiger charge is -2.09. The van der Waals surface area contributed by atoms with Gasteiger partial charge in [-0.15, -0.1) is 24.5 Å². The van der Waals surface area contributed by atoms with E-state index in [1.54, 1.807) is 49.4 Å². The highest BCUT2D eigenvalue weighted by atomic mass is 32.2. The molecule has 4 aromatic rings. The Morgan fingerprint density at radius 3 is 2.20 bits per heavy atom. The standard InChI is InChI=1S/C27H23F3N2O7S2/c1-16-13-21(11-12-22(16)38-15-24(33)34)37-14-23-31-25(17-3-7-19(8-4-17)32-41(2,35)36)26(40-23)18-5-9-20(10-6-18)39-27(28,29)30/h3-13,32H,14-15H2,1-2H3,(H,33,34). The number of aliphatic carboxylic acids is 1. The number of thiazole rings is 1. The average Bonchev–Trinajstić information content (AvgIpc) is 3.30. The van der Waals surface area contributed by atoms with E-state index >= 15 is 0 Å². The number of sulfonamides is 1. The first-order valence-corrected chi connectivity index (χ1v) is 14.5. The van der Waals surface area contributed by atoms with Crippen molar-refractivity contribution >= 4 is 33.0 Å². The SMILES string of the molecule is Cc1cc(OCc2nc(-c3ccc(NS(C)(=O)=O)cc3)c(-c3ccc(OC(F)(F)F)cc3)s2)ccc1OCC(=O)O. The smallest absolute Gasteiger partial charge is 0.486 e. The molecule has 4 rings (SSSR count). The van der Waals surface area contributed by atoms with Gasteiger partial charge >= 0.3 is 12.3 Å². The van der Waals surface area contributed by atoms with Crippen molar-refractivity contribution < 1.29 is 45.7 Å². The van der Waals surface area contributed by atoms with E-state index in [9.17, 15) is 26.4 Å². The minimum Gasteiger partial charge on any atom is -0.486 e. The minimum absolute atomic E-state index is 0.0649. The van der Waals surface area contributed by atoms with E-state index in [1.807, 2.05) is 0 Å². The minimum atomic E-state index is -4.82. The van der Waals surface area contributed by atoms with Crippen LogP contribution in [0.4, 0.5) is 18.9 Å². The summed E-state index contributed by atoms with van der Waals surface area (Å²) in [5.74, 6) is -0.555. The summed E-state index contributed by atoms with van der Waals surface area (Å²) in [7, 11) is -3.47. The molecular formula is C27H23F3N2O7S2. The molecule has 0 bridgehead atoms. The number of hydrogen-bond acceptors (Lipinski definition) is 8. The highest BCUT2D eigenvalue weighted by Gasteiger charge is 2.31. The first-order chi connectivity index (χ1) is 19.3. The number of aromatic nitrogens is 1. The lowest BCUT2D eigenvalue weighted by Crippen LogP contribution is -2.16. The lowest BCUT2D eigenvalue weighted by atomic mass is 10.1. The molecule has 0 unspecified atom stereocenters. The van der Waals surface area contributed by atoms with Gasteiger partial charge in [-0.3, -0.25) is 4.72 Å². The first kappa shape index (κ1) is 29.7. The van der Waals surface area contributed by atoms with Gasteiger partial charge in [0.25, 0.3) is 0 Å². The molecule has 0 amide bonds. The predicted octanol–water partition coefficient (Wildman–Crippen LogP) is 6.10. The highest BCUT2D eigenvalue weighted by molar-refractivity contribution is 7.92. The number of anilines is 1. The van der Waals surface area contributed by atoms with Gasteiger partial charge in [0.2, 0.25) is 10.0 Å². The van der Waals surface area contributed by atoms with Gasteiger partial charge in [0.15, 0.2) is 6.61 Å². The van der Waals surface area contributed by atoms with E-state index in [4.69, 9.17) is 19.6 Å². The maximum Gasteiger partial charge on any atom is 0.573 e. The first-order valence-electron chi connectivity index (χ1n) is 11.8. The van der Waals surface area contributed by atoms with Gasteiger partial charge in [-0.1, -0.05) is 12.1 Å². The third-order valence-electron chi connectivity index (χ3n) is 5.34. The van der Waals surface area contributed by atoms with Crippen molar-refractivity contribution in [3.8, 4) is 38.9 Å². The number of carbonyl (C=O) groups is 1. The summed E-state index contributed by atoms with van der Waals surface area (Å²) < 4.78 is 78.4. The predicted molar refractivity (Wildman–Crippen MR) is 147 cm³/mol. The van der Waals surface area contributed by atoms with Crippen LogP contribution in [0.3, 0.4) is 0 Å². The average molecular weight is 609 g/mol. The molecule has 0 fully saturated rings. The molecule has 216 valence electrons. The third-order valence-corrected chi connectivity index (χ3v) is 7.03. The van der Waals surface area contributed by atoms with Crippen LogP contribution in [0.1, 0.15) is 10.6 Å². The van der Waals surface area contributed by atoms with Crippen LogP contribution in [0.2, 0.25) is 0 Å². The second kappa shape index (κ2) is 12.1. The quantitative estimate of drug-likeness (QED) is 0.209. The Morgan fingerprint density at radius 2 is 1.61 bits per heavy atom. The number of benzene rings is 3. The molecule has 0 saturated heterocycles. The van der Waals surface area contributed by atoms with Crippen LogP contribution in [0.25, 0.3) is 21.7 Å². The normalized spacial score (nSPS) is 11.6. The molecule has 3 aromatic carbocycles. The van der Waals surface area contributed by atoms with Crippen molar-refractivity contribution in [2.45, 2.75) is 19.9 Å². The Kier molecular flexibility index (Phi) is 8.73. The molecule has 0 radical (unpaired) electrons. The number of halogens is 3. The molecule has 0 aliphatic rings. The van der Waals surface area contributed by atoms with E-state index in [0.29, 0.717) is 49.5 Å². The van der Waals surface area contributed by atoms with Gasteiger partial charge in [-0.25, -0.2) is 18.2 Å². The van der Waals surface area contributed by atoms with Crippen LogP contribution < -0.4 is 18.9 Å². The number of carboxylic acids is 1. The molecule has 0 spiro atoms. The number of rotatable bonds is 11. The molecular weight excluding hydrogens is 585 g/mol. The van der Waals surface area contributed by atoms with Gasteiger partial charge in [-0.2, -0.15) is 0 Å². The zero-order valence-corrected chi connectivity index (χ0v) is 23.2. The summed E-state index contributed by atoms with van der Waals surface area (Å²) >= 11 is 1.28. The Bertz CT molecular complexity index is 1640. The Balaban J connectivity index is 1.61. The fourth-order valence-electron chi connectivity index (χ4n) is 3.69. The molecule has 1 aromatic heterocycles. The molecule has 2 N–H and O–H groups in total. The van der Waals surface area contributed by atoms with Gasteiger partial charge in [-0.05, 0) is 72.6 Å². The second-order valence-electron chi connectivity index (χ2n) is 8.71. The number of alkyl halides is 3. The zero-order chi connectivity index (χ0) is 29.8. The third kappa shape index (κ3) is 8.59. The summed E-state index contributed by atoms with van der Waals surface area (Å²) in [5.41, 5.74) is 2.79. The van der Waals surface area contributed by atoms with E-state index in [2.05, 4.69) is 9.46 Å². The lowest BCUT2D eigenvalue weighted by molar-refractivity contribution is -0.274. The van der Waals surface area contributed by atoms with Crippen molar-refractivity contribution in [3.63, 3.8) is 0 Å². The van der Waals surface area contributed by atoms with Crippen LogP contribution in [0.5, 0.6) is 17.2 Å². The van der Waals surface area contributed by atoms with Crippen molar-refractivity contribution in [2.75, 3.05) is 17.6 Å². The van der Waals surface area contributed by atoms with E-state index in [0.717, 1.165) is 6.26 Å². The zero-order valence-electron chi connectivity index (χ0n) is 21.6. The fraction of sp³-hybridized carbons (Fsp3) is 0.185. The number of ether oxygens (including phenoxy) is 3. The molecule has 1 heterocycles. The van der Waals surface area contributed by atoms with E-state index in [1.165, 1.54) is 35.6 Å². The molecule has 0 saturated carbocycles. The Morgan fingerprint density at radius 1 is 0.976 bits per heavy atom.